The van der Waals surface area contributed by atoms with E-state index in [1.54, 1.807) is 12.1 Å². The number of benzene rings is 2. The number of ketones is 1. The van der Waals surface area contributed by atoms with Gasteiger partial charge in [0.05, 0.1) is 5.52 Å². The third-order valence-electron chi connectivity index (χ3n) is 4.48. The second-order valence-electron chi connectivity index (χ2n) is 5.98. The third-order valence-corrected chi connectivity index (χ3v) is 4.72. The number of halogens is 1. The molecule has 0 saturated heterocycles. The number of aryl methyl sites for hydroxylation is 1. The van der Waals surface area contributed by atoms with Crippen LogP contribution in [0, 0.1) is 0 Å². The van der Waals surface area contributed by atoms with Gasteiger partial charge in [-0.3, -0.25) is 9.78 Å². The van der Waals surface area contributed by atoms with Crippen molar-refractivity contribution in [2.24, 2.45) is 0 Å². The smallest absolute Gasteiger partial charge is 0.194 e. The minimum Gasteiger partial charge on any atom is -0.289 e. The minimum absolute atomic E-state index is 0.0456. The topological polar surface area (TPSA) is 30.0 Å². The fraction of sp³-hybridized carbons (Fsp3) is 0.200. The van der Waals surface area contributed by atoms with Crippen LogP contribution in [-0.2, 0) is 12.8 Å². The standard InChI is InChI=1S/C20H16ClNO/c21-14-7-5-6-13(12-14)20(23)19-15-8-1-3-10-17(15)22-18-11-4-2-9-16(18)19/h1,3,5-8,10,12H,2,4,9,11H2. The Labute approximate surface area is 140 Å². The molecule has 0 saturated carbocycles. The van der Waals surface area contributed by atoms with Gasteiger partial charge in [-0.05, 0) is 49.4 Å². The Balaban J connectivity index is 1.99. The van der Waals surface area contributed by atoms with Gasteiger partial charge in [-0.25, -0.2) is 0 Å². The van der Waals surface area contributed by atoms with Crippen molar-refractivity contribution >= 4 is 28.3 Å². The number of nitrogens with zero attached hydrogens (tertiary/aromatic N) is 1. The molecule has 0 spiro atoms. The Morgan fingerprint density at radius 2 is 1.83 bits per heavy atom. The van der Waals surface area contributed by atoms with Gasteiger partial charge in [0.1, 0.15) is 0 Å². The Morgan fingerprint density at radius 1 is 1.00 bits per heavy atom. The Kier molecular flexibility index (Phi) is 3.62. The van der Waals surface area contributed by atoms with Crippen LogP contribution in [0.3, 0.4) is 0 Å². The number of hydrogen-bond donors (Lipinski definition) is 0. The zero-order valence-electron chi connectivity index (χ0n) is 12.7. The van der Waals surface area contributed by atoms with E-state index in [-0.39, 0.29) is 5.78 Å². The number of hydrogen-bond acceptors (Lipinski definition) is 2. The maximum atomic E-state index is 13.2. The van der Waals surface area contributed by atoms with Gasteiger partial charge in [0, 0.05) is 27.2 Å². The number of aromatic nitrogens is 1. The van der Waals surface area contributed by atoms with Gasteiger partial charge in [-0.2, -0.15) is 0 Å². The summed E-state index contributed by atoms with van der Waals surface area (Å²) in [5.74, 6) is 0.0456. The number of para-hydroxylation sites is 1. The minimum atomic E-state index is 0.0456. The highest BCUT2D eigenvalue weighted by Gasteiger charge is 2.23. The summed E-state index contributed by atoms with van der Waals surface area (Å²) in [6.45, 7) is 0. The van der Waals surface area contributed by atoms with E-state index in [9.17, 15) is 4.79 Å². The number of fused-ring (bicyclic) bond motifs is 2. The first kappa shape index (κ1) is 14.4. The van der Waals surface area contributed by atoms with Crippen LogP contribution in [0.15, 0.2) is 48.5 Å². The van der Waals surface area contributed by atoms with Gasteiger partial charge in [0.25, 0.3) is 0 Å². The number of pyridine rings is 1. The summed E-state index contributed by atoms with van der Waals surface area (Å²) >= 11 is 6.07. The lowest BCUT2D eigenvalue weighted by molar-refractivity contribution is 0.103. The van der Waals surface area contributed by atoms with Crippen molar-refractivity contribution in [3.63, 3.8) is 0 Å². The maximum absolute atomic E-state index is 13.2. The largest absolute Gasteiger partial charge is 0.289 e. The van der Waals surface area contributed by atoms with Crippen molar-refractivity contribution in [1.82, 2.24) is 4.98 Å². The molecular formula is C20H16ClNO. The highest BCUT2D eigenvalue weighted by molar-refractivity contribution is 6.31. The van der Waals surface area contributed by atoms with Crippen LogP contribution in [0.25, 0.3) is 10.9 Å². The van der Waals surface area contributed by atoms with Crippen LogP contribution in [0.2, 0.25) is 5.02 Å². The molecule has 23 heavy (non-hydrogen) atoms. The fourth-order valence-corrected chi connectivity index (χ4v) is 3.60. The molecule has 0 radical (unpaired) electrons. The average molecular weight is 322 g/mol. The number of rotatable bonds is 2. The van der Waals surface area contributed by atoms with Crippen molar-refractivity contribution in [1.29, 1.82) is 0 Å². The van der Waals surface area contributed by atoms with E-state index in [2.05, 4.69) is 0 Å². The van der Waals surface area contributed by atoms with Crippen LogP contribution in [0.5, 0.6) is 0 Å². The van der Waals surface area contributed by atoms with Crippen LogP contribution >= 0.6 is 11.6 Å². The molecular weight excluding hydrogens is 306 g/mol. The lowest BCUT2D eigenvalue weighted by Gasteiger charge is -2.20. The highest BCUT2D eigenvalue weighted by atomic mass is 35.5. The quantitative estimate of drug-likeness (QED) is 0.622. The van der Waals surface area contributed by atoms with Gasteiger partial charge < -0.3 is 0 Å². The van der Waals surface area contributed by atoms with E-state index in [0.717, 1.165) is 53.4 Å². The summed E-state index contributed by atoms with van der Waals surface area (Å²) in [6, 6.07) is 15.1. The van der Waals surface area contributed by atoms with Crippen LogP contribution in [0.1, 0.15) is 40.0 Å². The summed E-state index contributed by atoms with van der Waals surface area (Å²) < 4.78 is 0. The van der Waals surface area contributed by atoms with E-state index in [0.29, 0.717) is 10.6 Å². The Bertz CT molecular complexity index is 917. The Hall–Kier alpha value is -2.19. The monoisotopic (exact) mass is 321 g/mol. The zero-order chi connectivity index (χ0) is 15.8. The Morgan fingerprint density at radius 3 is 2.70 bits per heavy atom. The van der Waals surface area contributed by atoms with Crippen molar-refractivity contribution in [2.45, 2.75) is 25.7 Å². The molecule has 4 rings (SSSR count). The second-order valence-corrected chi connectivity index (χ2v) is 6.41. The van der Waals surface area contributed by atoms with E-state index >= 15 is 0 Å². The number of carbonyl (C=O) groups excluding carboxylic acids is 1. The molecule has 0 amide bonds. The molecule has 0 N–H and O–H groups in total. The molecule has 3 heteroatoms. The van der Waals surface area contributed by atoms with Gasteiger partial charge >= 0.3 is 0 Å². The first-order chi connectivity index (χ1) is 11.2. The van der Waals surface area contributed by atoms with Gasteiger partial charge in [-0.1, -0.05) is 41.9 Å². The molecule has 0 fully saturated rings. The molecule has 2 nitrogen and oxygen atoms in total. The van der Waals surface area contributed by atoms with Crippen molar-refractivity contribution in [3.05, 3.63) is 75.9 Å². The number of carbonyl (C=O) groups is 1. The average Bonchev–Trinajstić information content (AvgIpc) is 2.59. The fourth-order valence-electron chi connectivity index (χ4n) is 3.41. The molecule has 2 aromatic carbocycles. The zero-order valence-corrected chi connectivity index (χ0v) is 13.4. The molecule has 1 aliphatic carbocycles. The summed E-state index contributed by atoms with van der Waals surface area (Å²) in [7, 11) is 0. The van der Waals surface area contributed by atoms with Crippen molar-refractivity contribution in [2.75, 3.05) is 0 Å². The van der Waals surface area contributed by atoms with Gasteiger partial charge in [0.2, 0.25) is 0 Å². The molecule has 0 bridgehead atoms. The van der Waals surface area contributed by atoms with E-state index in [1.165, 1.54) is 0 Å². The lowest BCUT2D eigenvalue weighted by atomic mass is 9.86. The van der Waals surface area contributed by atoms with Gasteiger partial charge in [0.15, 0.2) is 5.78 Å². The van der Waals surface area contributed by atoms with Crippen molar-refractivity contribution < 1.29 is 4.79 Å². The SMILES string of the molecule is O=C(c1cccc(Cl)c1)c1c2c(nc3ccccc13)CCCC2. The first-order valence-corrected chi connectivity index (χ1v) is 8.32. The van der Waals surface area contributed by atoms with Gasteiger partial charge in [-0.15, -0.1) is 0 Å². The van der Waals surface area contributed by atoms with Crippen LogP contribution < -0.4 is 0 Å². The molecule has 0 aliphatic heterocycles. The second kappa shape index (κ2) is 5.78. The highest BCUT2D eigenvalue weighted by Crippen LogP contribution is 2.31. The molecule has 1 aromatic heterocycles. The van der Waals surface area contributed by atoms with Crippen LogP contribution in [-0.4, -0.2) is 10.8 Å². The van der Waals surface area contributed by atoms with E-state index in [4.69, 9.17) is 16.6 Å². The predicted molar refractivity (Wildman–Crippen MR) is 93.3 cm³/mol. The maximum Gasteiger partial charge on any atom is 0.194 e. The summed E-state index contributed by atoms with van der Waals surface area (Å²) in [4.78, 5) is 18.0. The van der Waals surface area contributed by atoms with E-state index in [1.807, 2.05) is 36.4 Å². The first-order valence-electron chi connectivity index (χ1n) is 7.95. The summed E-state index contributed by atoms with van der Waals surface area (Å²) in [5, 5.41) is 1.53. The van der Waals surface area contributed by atoms with E-state index < -0.39 is 0 Å². The summed E-state index contributed by atoms with van der Waals surface area (Å²) in [6.07, 6.45) is 4.14. The van der Waals surface area contributed by atoms with Crippen molar-refractivity contribution in [3.8, 4) is 0 Å². The summed E-state index contributed by atoms with van der Waals surface area (Å²) in [5.41, 5.74) is 4.56. The molecule has 1 heterocycles. The normalized spacial score (nSPS) is 13.8. The third kappa shape index (κ3) is 2.53. The molecule has 0 unspecified atom stereocenters. The molecule has 3 aromatic rings. The molecule has 1 aliphatic rings. The molecule has 0 atom stereocenters. The lowest BCUT2D eigenvalue weighted by Crippen LogP contribution is -2.14. The van der Waals surface area contributed by atoms with Crippen LogP contribution in [0.4, 0.5) is 0 Å². The molecule has 114 valence electrons. The predicted octanol–water partition coefficient (Wildman–Crippen LogP) is 5.00.